The third kappa shape index (κ3) is 2.42. The predicted octanol–water partition coefficient (Wildman–Crippen LogP) is 2.38. The first-order valence-electron chi connectivity index (χ1n) is 5.12. The standard InChI is InChI=1S/C11H14N2O3/c1-4-10(14)8(3)11-9(13(15)16)6-5-7(2)12-11/h5-6,8H,4H2,1-3H3. The van der Waals surface area contributed by atoms with Gasteiger partial charge in [-0.15, -0.1) is 0 Å². The molecular formula is C11H14N2O3. The van der Waals surface area contributed by atoms with Gasteiger partial charge >= 0.3 is 0 Å². The summed E-state index contributed by atoms with van der Waals surface area (Å²) < 4.78 is 0. The quantitative estimate of drug-likeness (QED) is 0.579. The van der Waals surface area contributed by atoms with Crippen molar-refractivity contribution in [2.75, 3.05) is 0 Å². The number of hydrogen-bond acceptors (Lipinski definition) is 4. The molecular weight excluding hydrogens is 208 g/mol. The number of aryl methyl sites for hydroxylation is 1. The third-order valence-corrected chi connectivity index (χ3v) is 2.48. The van der Waals surface area contributed by atoms with E-state index < -0.39 is 10.8 Å². The summed E-state index contributed by atoms with van der Waals surface area (Å²) in [5, 5.41) is 10.8. The Balaban J connectivity index is 3.24. The van der Waals surface area contributed by atoms with Gasteiger partial charge in [-0.2, -0.15) is 0 Å². The van der Waals surface area contributed by atoms with E-state index in [2.05, 4.69) is 4.98 Å². The van der Waals surface area contributed by atoms with Crippen LogP contribution in [-0.4, -0.2) is 15.7 Å². The Morgan fingerprint density at radius 3 is 2.69 bits per heavy atom. The van der Waals surface area contributed by atoms with Gasteiger partial charge in [0.25, 0.3) is 5.69 Å². The zero-order valence-corrected chi connectivity index (χ0v) is 9.56. The van der Waals surface area contributed by atoms with Gasteiger partial charge in [0.1, 0.15) is 11.5 Å². The van der Waals surface area contributed by atoms with E-state index in [-0.39, 0.29) is 17.2 Å². The molecule has 16 heavy (non-hydrogen) atoms. The van der Waals surface area contributed by atoms with Gasteiger partial charge in [0, 0.05) is 18.2 Å². The molecule has 0 saturated carbocycles. The number of aromatic nitrogens is 1. The topological polar surface area (TPSA) is 73.1 Å². The first-order valence-corrected chi connectivity index (χ1v) is 5.12. The molecule has 0 aliphatic carbocycles. The molecule has 1 aromatic heterocycles. The normalized spacial score (nSPS) is 12.2. The smallest absolute Gasteiger partial charge is 0.291 e. The fourth-order valence-electron chi connectivity index (χ4n) is 1.50. The molecule has 0 saturated heterocycles. The van der Waals surface area contributed by atoms with Gasteiger partial charge in [0.2, 0.25) is 0 Å². The molecule has 1 heterocycles. The van der Waals surface area contributed by atoms with Gasteiger partial charge in [0.05, 0.1) is 10.8 Å². The molecule has 86 valence electrons. The SMILES string of the molecule is CCC(=O)C(C)c1nc(C)ccc1[N+](=O)[O-]. The van der Waals surface area contributed by atoms with Crippen molar-refractivity contribution >= 4 is 11.5 Å². The van der Waals surface area contributed by atoms with Crippen LogP contribution in [0.4, 0.5) is 5.69 Å². The summed E-state index contributed by atoms with van der Waals surface area (Å²) in [6.45, 7) is 5.14. The van der Waals surface area contributed by atoms with E-state index in [1.807, 2.05) is 0 Å². The van der Waals surface area contributed by atoms with Gasteiger partial charge in [0.15, 0.2) is 0 Å². The van der Waals surface area contributed by atoms with Crippen molar-refractivity contribution in [1.29, 1.82) is 0 Å². The molecule has 0 radical (unpaired) electrons. The summed E-state index contributed by atoms with van der Waals surface area (Å²) in [5.74, 6) is -0.563. The fourth-order valence-corrected chi connectivity index (χ4v) is 1.50. The van der Waals surface area contributed by atoms with E-state index in [1.54, 1.807) is 26.8 Å². The van der Waals surface area contributed by atoms with Crippen LogP contribution in [0, 0.1) is 17.0 Å². The average molecular weight is 222 g/mol. The summed E-state index contributed by atoms with van der Waals surface area (Å²) in [7, 11) is 0. The highest BCUT2D eigenvalue weighted by molar-refractivity contribution is 5.85. The summed E-state index contributed by atoms with van der Waals surface area (Å²) in [4.78, 5) is 25.9. The van der Waals surface area contributed by atoms with Crippen LogP contribution in [0.5, 0.6) is 0 Å². The van der Waals surface area contributed by atoms with Crippen LogP contribution in [0.3, 0.4) is 0 Å². The Morgan fingerprint density at radius 2 is 2.19 bits per heavy atom. The lowest BCUT2D eigenvalue weighted by molar-refractivity contribution is -0.386. The third-order valence-electron chi connectivity index (χ3n) is 2.48. The van der Waals surface area contributed by atoms with Crippen molar-refractivity contribution in [2.45, 2.75) is 33.1 Å². The van der Waals surface area contributed by atoms with Crippen molar-refractivity contribution < 1.29 is 9.72 Å². The molecule has 1 rings (SSSR count). The van der Waals surface area contributed by atoms with Crippen molar-refractivity contribution in [3.05, 3.63) is 33.6 Å². The van der Waals surface area contributed by atoms with Gasteiger partial charge in [-0.05, 0) is 19.9 Å². The van der Waals surface area contributed by atoms with Crippen molar-refractivity contribution in [3.63, 3.8) is 0 Å². The van der Waals surface area contributed by atoms with E-state index in [0.717, 1.165) is 0 Å². The lowest BCUT2D eigenvalue weighted by Crippen LogP contribution is -2.12. The van der Waals surface area contributed by atoms with E-state index in [9.17, 15) is 14.9 Å². The van der Waals surface area contributed by atoms with Crippen molar-refractivity contribution in [2.24, 2.45) is 0 Å². The zero-order valence-electron chi connectivity index (χ0n) is 9.56. The minimum Gasteiger partial charge on any atom is -0.299 e. The van der Waals surface area contributed by atoms with Crippen LogP contribution in [0.1, 0.15) is 37.6 Å². The van der Waals surface area contributed by atoms with Crippen LogP contribution < -0.4 is 0 Å². The molecule has 0 amide bonds. The molecule has 0 aromatic carbocycles. The first-order chi connectivity index (χ1) is 7.47. The van der Waals surface area contributed by atoms with E-state index in [0.29, 0.717) is 12.1 Å². The highest BCUT2D eigenvalue weighted by Gasteiger charge is 2.24. The van der Waals surface area contributed by atoms with Crippen LogP contribution >= 0.6 is 0 Å². The van der Waals surface area contributed by atoms with Crippen LogP contribution in [0.2, 0.25) is 0 Å². The van der Waals surface area contributed by atoms with Crippen molar-refractivity contribution in [1.82, 2.24) is 4.98 Å². The molecule has 0 aliphatic rings. The average Bonchev–Trinajstić information content (AvgIpc) is 2.26. The molecule has 1 atom stereocenters. The Labute approximate surface area is 93.7 Å². The molecule has 0 fully saturated rings. The predicted molar refractivity (Wildman–Crippen MR) is 59.3 cm³/mol. The van der Waals surface area contributed by atoms with Gasteiger partial charge in [-0.1, -0.05) is 6.92 Å². The molecule has 5 nitrogen and oxygen atoms in total. The molecule has 0 N–H and O–H groups in total. The maximum atomic E-state index is 11.5. The largest absolute Gasteiger partial charge is 0.299 e. The Bertz CT molecular complexity index is 429. The lowest BCUT2D eigenvalue weighted by atomic mass is 9.98. The number of Topliss-reactive ketones (excluding diaryl/α,β-unsaturated/α-hetero) is 1. The number of hydrogen-bond donors (Lipinski definition) is 0. The Morgan fingerprint density at radius 1 is 1.56 bits per heavy atom. The van der Waals surface area contributed by atoms with E-state index in [1.165, 1.54) is 6.07 Å². The van der Waals surface area contributed by atoms with Crippen LogP contribution in [-0.2, 0) is 4.79 Å². The highest BCUT2D eigenvalue weighted by atomic mass is 16.6. The summed E-state index contributed by atoms with van der Waals surface area (Å²) >= 11 is 0. The Hall–Kier alpha value is -1.78. The second-order valence-electron chi connectivity index (χ2n) is 3.66. The number of rotatable bonds is 4. The highest BCUT2D eigenvalue weighted by Crippen LogP contribution is 2.26. The van der Waals surface area contributed by atoms with Crippen LogP contribution in [0.25, 0.3) is 0 Å². The minimum absolute atomic E-state index is 0.0406. The second-order valence-corrected chi connectivity index (χ2v) is 3.66. The van der Waals surface area contributed by atoms with Gasteiger partial charge in [-0.3, -0.25) is 19.9 Å². The van der Waals surface area contributed by atoms with E-state index in [4.69, 9.17) is 0 Å². The maximum absolute atomic E-state index is 11.5. The first kappa shape index (κ1) is 12.3. The van der Waals surface area contributed by atoms with Gasteiger partial charge in [-0.25, -0.2) is 0 Å². The molecule has 1 aromatic rings. The van der Waals surface area contributed by atoms with Crippen molar-refractivity contribution in [3.8, 4) is 0 Å². The summed E-state index contributed by atoms with van der Waals surface area (Å²) in [5.41, 5.74) is 0.855. The summed E-state index contributed by atoms with van der Waals surface area (Å²) in [6, 6.07) is 2.97. The Kier molecular flexibility index (Phi) is 3.71. The molecule has 1 unspecified atom stereocenters. The molecule has 0 aliphatic heterocycles. The number of pyridine rings is 1. The second kappa shape index (κ2) is 4.83. The number of ketones is 1. The fraction of sp³-hybridized carbons (Fsp3) is 0.455. The number of carbonyl (C=O) groups is 1. The zero-order chi connectivity index (χ0) is 12.3. The van der Waals surface area contributed by atoms with Crippen LogP contribution in [0.15, 0.2) is 12.1 Å². The molecule has 5 heteroatoms. The number of nitro groups is 1. The number of carbonyl (C=O) groups excluding carboxylic acids is 1. The monoisotopic (exact) mass is 222 g/mol. The maximum Gasteiger partial charge on any atom is 0.291 e. The molecule has 0 bridgehead atoms. The number of nitrogens with zero attached hydrogens (tertiary/aromatic N) is 2. The summed E-state index contributed by atoms with van der Waals surface area (Å²) in [6.07, 6.45) is 0.355. The molecule has 0 spiro atoms. The lowest BCUT2D eigenvalue weighted by Gasteiger charge is -2.09. The van der Waals surface area contributed by atoms with E-state index >= 15 is 0 Å². The van der Waals surface area contributed by atoms with Gasteiger partial charge < -0.3 is 0 Å². The minimum atomic E-state index is -0.523.